The highest BCUT2D eigenvalue weighted by atomic mass is 35.5. The van der Waals surface area contributed by atoms with E-state index in [1.165, 1.54) is 0 Å². The van der Waals surface area contributed by atoms with Crippen molar-refractivity contribution in [2.24, 2.45) is 5.10 Å². The maximum absolute atomic E-state index is 12.0. The molecule has 0 spiro atoms. The van der Waals surface area contributed by atoms with Gasteiger partial charge in [0.05, 0.1) is 0 Å². The van der Waals surface area contributed by atoms with E-state index in [0.29, 0.717) is 0 Å². The molecule has 0 saturated heterocycles. The lowest BCUT2D eigenvalue weighted by Crippen LogP contribution is -2.42. The van der Waals surface area contributed by atoms with Gasteiger partial charge in [0, 0.05) is 5.23 Å². The minimum atomic E-state index is -0.972. The summed E-state index contributed by atoms with van der Waals surface area (Å²) < 4.78 is 12.0. The summed E-state index contributed by atoms with van der Waals surface area (Å²) in [6, 6.07) is 0. The summed E-state index contributed by atoms with van der Waals surface area (Å²) in [6.07, 6.45) is 1.03. The summed E-state index contributed by atoms with van der Waals surface area (Å²) in [4.78, 5) is 0. The van der Waals surface area contributed by atoms with Gasteiger partial charge in [0.2, 0.25) is 5.62 Å². The average Bonchev–Trinajstić information content (AvgIpc) is 1.77. The molecule has 0 bridgehead atoms. The van der Waals surface area contributed by atoms with Crippen LogP contribution in [0.15, 0.2) is 5.10 Å². The number of rotatable bonds is 0. The highest BCUT2D eigenvalue weighted by Crippen LogP contribution is 2.00. The van der Waals surface area contributed by atoms with Crippen LogP contribution in [0.4, 0.5) is 4.48 Å². The first-order valence-corrected chi connectivity index (χ1v) is 2.31. The van der Waals surface area contributed by atoms with Crippen molar-refractivity contribution in [1.29, 1.82) is 0 Å². The van der Waals surface area contributed by atoms with Gasteiger partial charge in [-0.15, -0.1) is 4.48 Å². The van der Waals surface area contributed by atoms with Crippen LogP contribution in [0.3, 0.4) is 0 Å². The van der Waals surface area contributed by atoms with Gasteiger partial charge < -0.3 is 0 Å². The first-order chi connectivity index (χ1) is 3.80. The Morgan fingerprint density at radius 3 is 3.00 bits per heavy atom. The highest BCUT2D eigenvalue weighted by molar-refractivity contribution is 6.20. The molecule has 0 aromatic heterocycles. The molecule has 1 aliphatic heterocycles. The van der Waals surface area contributed by atoms with E-state index in [4.69, 9.17) is 11.6 Å². The number of hydrogen-bond acceptors (Lipinski definition) is 3. The van der Waals surface area contributed by atoms with Crippen LogP contribution >= 0.6 is 11.6 Å². The van der Waals surface area contributed by atoms with Crippen molar-refractivity contribution >= 4 is 17.9 Å². The molecule has 1 heterocycles. The van der Waals surface area contributed by atoms with Crippen molar-refractivity contribution in [1.82, 2.24) is 16.1 Å². The third-order valence-corrected chi connectivity index (χ3v) is 0.846. The Hall–Kier alpha value is -0.550. The van der Waals surface area contributed by atoms with Crippen LogP contribution in [0, 0.1) is 0 Å². The molecule has 0 saturated carbocycles. The van der Waals surface area contributed by atoms with E-state index < -0.39 is 5.62 Å². The van der Waals surface area contributed by atoms with Gasteiger partial charge in [-0.2, -0.15) is 10.5 Å². The van der Waals surface area contributed by atoms with Crippen molar-refractivity contribution in [3.05, 3.63) is 0 Å². The Bertz CT molecular complexity index is 94.2. The zero-order valence-corrected chi connectivity index (χ0v) is 4.51. The second kappa shape index (κ2) is 2.15. The van der Waals surface area contributed by atoms with E-state index >= 15 is 0 Å². The molecule has 0 amide bonds. The van der Waals surface area contributed by atoms with Crippen LogP contribution in [-0.4, -0.2) is 17.2 Å². The third-order valence-electron chi connectivity index (χ3n) is 0.588. The Morgan fingerprint density at radius 1 is 1.88 bits per heavy atom. The summed E-state index contributed by atoms with van der Waals surface area (Å²) in [5.74, 6) is 0. The summed E-state index contributed by atoms with van der Waals surface area (Å²) in [5.41, 5.74) is 4.34. The van der Waals surface area contributed by atoms with E-state index in [1.54, 1.807) is 0 Å². The van der Waals surface area contributed by atoms with Crippen molar-refractivity contribution in [3.8, 4) is 0 Å². The van der Waals surface area contributed by atoms with E-state index in [2.05, 4.69) is 16.0 Å². The fourth-order valence-corrected chi connectivity index (χ4v) is 0.383. The molecule has 0 aromatic carbocycles. The molecule has 1 N–H and O–H groups in total. The molecule has 4 nitrogen and oxygen atoms in total. The Labute approximate surface area is 50.2 Å². The minimum Gasteiger partial charge on any atom is -0.273 e. The van der Waals surface area contributed by atoms with Gasteiger partial charge in [-0.05, 0) is 0 Å². The molecule has 1 aliphatic rings. The normalized spacial score (nSPS) is 29.0. The molecule has 6 heteroatoms. The molecule has 1 rings (SSSR count). The summed E-state index contributed by atoms with van der Waals surface area (Å²) in [6.45, 7) is 0. The molecule has 0 aliphatic carbocycles. The zero-order valence-electron chi connectivity index (χ0n) is 3.75. The van der Waals surface area contributed by atoms with Crippen molar-refractivity contribution in [2.75, 3.05) is 0 Å². The monoisotopic (exact) mass is 137 g/mol. The molecule has 1 unspecified atom stereocenters. The maximum Gasteiger partial charge on any atom is 0.221 e. The number of hydrazone groups is 1. The minimum absolute atomic E-state index is 0.0640. The molecule has 0 fully saturated rings. The van der Waals surface area contributed by atoms with E-state index in [0.717, 1.165) is 6.34 Å². The predicted octanol–water partition coefficient (Wildman–Crippen LogP) is -0.239. The van der Waals surface area contributed by atoms with Gasteiger partial charge in [-0.3, -0.25) is 5.43 Å². The number of halogens is 2. The lowest BCUT2D eigenvalue weighted by atomic mass is 11.1. The van der Waals surface area contributed by atoms with Crippen LogP contribution in [0.2, 0.25) is 0 Å². The second-order valence-electron chi connectivity index (χ2n) is 1.11. The van der Waals surface area contributed by atoms with Crippen molar-refractivity contribution in [3.63, 3.8) is 0 Å². The Morgan fingerprint density at radius 2 is 2.62 bits per heavy atom. The number of nitrogens with one attached hydrogen (secondary N) is 1. The second-order valence-corrected chi connectivity index (χ2v) is 1.53. The first-order valence-electron chi connectivity index (χ1n) is 1.87. The Balaban J connectivity index is 2.44. The van der Waals surface area contributed by atoms with Gasteiger partial charge in [-0.25, -0.2) is 0 Å². The van der Waals surface area contributed by atoms with E-state index in [1.807, 2.05) is 0 Å². The smallest absolute Gasteiger partial charge is 0.221 e. The fourth-order valence-electron chi connectivity index (χ4n) is 0.276. The van der Waals surface area contributed by atoms with Gasteiger partial charge in [0.15, 0.2) is 6.34 Å². The summed E-state index contributed by atoms with van der Waals surface area (Å²) in [5, 5.41) is 3.42. The lowest BCUT2D eigenvalue weighted by molar-refractivity contribution is -0.0420. The zero-order chi connectivity index (χ0) is 5.98. The quantitative estimate of drug-likeness (QED) is 0.285. The van der Waals surface area contributed by atoms with Gasteiger partial charge in [0.25, 0.3) is 0 Å². The van der Waals surface area contributed by atoms with Gasteiger partial charge in [0.1, 0.15) is 0 Å². The lowest BCUT2D eigenvalue weighted by Gasteiger charge is -2.17. The number of nitrogens with zero attached hydrogens (tertiary/aromatic N) is 3. The largest absolute Gasteiger partial charge is 0.273 e. The molecular formula is C2H3ClFN4. The molecule has 45 valence electrons. The van der Waals surface area contributed by atoms with Gasteiger partial charge >= 0.3 is 0 Å². The molecular weight excluding hydrogens is 135 g/mol. The topological polar surface area (TPSA) is 41.7 Å². The fraction of sp³-hybridized carbons (Fsp3) is 0.500. The van der Waals surface area contributed by atoms with E-state index in [9.17, 15) is 4.48 Å². The number of alkyl halides is 1. The summed E-state index contributed by atoms with van der Waals surface area (Å²) >= 11 is 5.20. The van der Waals surface area contributed by atoms with E-state index in [-0.39, 0.29) is 5.23 Å². The molecule has 8 heavy (non-hydrogen) atoms. The average molecular weight is 138 g/mol. The predicted molar refractivity (Wildman–Crippen MR) is 26.3 cm³/mol. The van der Waals surface area contributed by atoms with Crippen LogP contribution in [-0.2, 0) is 0 Å². The SMILES string of the molecule is FN1[N]C=NNC1Cl. The first kappa shape index (κ1) is 5.58. The molecule has 0 aromatic rings. The summed E-state index contributed by atoms with van der Waals surface area (Å²) in [7, 11) is 0. The van der Waals surface area contributed by atoms with Crippen LogP contribution in [0.25, 0.3) is 0 Å². The molecule has 1 atom stereocenters. The van der Waals surface area contributed by atoms with Crippen LogP contribution in [0.1, 0.15) is 0 Å². The van der Waals surface area contributed by atoms with Crippen LogP contribution < -0.4 is 10.9 Å². The third kappa shape index (κ3) is 0.988. The van der Waals surface area contributed by atoms with Crippen LogP contribution in [0.5, 0.6) is 0 Å². The van der Waals surface area contributed by atoms with Crippen molar-refractivity contribution in [2.45, 2.75) is 5.62 Å². The molecule has 1 radical (unpaired) electrons. The Kier molecular flexibility index (Phi) is 1.50. The number of hydrogen-bond donors (Lipinski definition) is 1. The van der Waals surface area contributed by atoms with Crippen molar-refractivity contribution < 1.29 is 4.48 Å². The highest BCUT2D eigenvalue weighted by Gasteiger charge is 2.16. The maximum atomic E-state index is 12.0. The standard InChI is InChI=1S/C2H3ClFN4/c3-2-7-5-1-6-8(2)4/h1-2,7H. The van der Waals surface area contributed by atoms with Gasteiger partial charge in [-0.1, -0.05) is 11.6 Å².